The first-order valence-electron chi connectivity index (χ1n) is 2.62. The third-order valence-corrected chi connectivity index (χ3v) is 2.46. The third kappa shape index (κ3) is 3.41. The Kier molecular flexibility index (Phi) is 3.31. The monoisotopic (exact) mass is 167 g/mol. The second-order valence-electron chi connectivity index (χ2n) is 1.67. The van der Waals surface area contributed by atoms with Crippen LogP contribution in [0.3, 0.4) is 0 Å². The van der Waals surface area contributed by atoms with Crippen molar-refractivity contribution in [1.82, 2.24) is 0 Å². The molecule has 60 valence electrons. The lowest BCUT2D eigenvalue weighted by atomic mass is 10.8. The van der Waals surface area contributed by atoms with Crippen molar-refractivity contribution < 1.29 is 18.0 Å². The molecule has 0 aliphatic carbocycles. The molecule has 0 aliphatic heterocycles. The van der Waals surface area contributed by atoms with Crippen LogP contribution in [0.2, 0.25) is 0 Å². The van der Waals surface area contributed by atoms with Crippen molar-refractivity contribution in [1.29, 1.82) is 0 Å². The van der Waals surface area contributed by atoms with Gasteiger partial charge in [-0.1, -0.05) is 6.92 Å². The maximum atomic E-state index is 10.6. The molecule has 2 N–H and O–H groups in total. The van der Waals surface area contributed by atoms with E-state index >= 15 is 0 Å². The van der Waals surface area contributed by atoms with E-state index < -0.39 is 21.6 Å². The van der Waals surface area contributed by atoms with Crippen LogP contribution < -0.4 is 5.90 Å². The second kappa shape index (κ2) is 3.52. The molecule has 0 aromatic heterocycles. The average molecular weight is 167 g/mol. The molecule has 0 spiro atoms. The van der Waals surface area contributed by atoms with E-state index in [4.69, 9.17) is 0 Å². The topological polar surface area (TPSA) is 86.5 Å². The Bertz CT molecular complexity index is 207. The first-order valence-corrected chi connectivity index (χ1v) is 4.44. The van der Waals surface area contributed by atoms with Gasteiger partial charge in [0.05, 0.1) is 0 Å². The Labute approximate surface area is 59.0 Å². The number of carbonyl (C=O) groups is 1. The Morgan fingerprint density at radius 3 is 2.40 bits per heavy atom. The van der Waals surface area contributed by atoms with Crippen molar-refractivity contribution in [3.05, 3.63) is 0 Å². The lowest BCUT2D eigenvalue weighted by Gasteiger charge is -1.96. The van der Waals surface area contributed by atoms with Crippen LogP contribution in [0.25, 0.3) is 0 Å². The first-order chi connectivity index (χ1) is 4.52. The lowest BCUT2D eigenvalue weighted by molar-refractivity contribution is -0.141. The second-order valence-corrected chi connectivity index (χ2v) is 4.02. The minimum Gasteiger partial charge on any atom is -0.373 e. The summed E-state index contributed by atoms with van der Waals surface area (Å²) in [5, 5.41) is 0. The molecule has 0 aromatic rings. The van der Waals surface area contributed by atoms with Gasteiger partial charge in [-0.25, -0.2) is 13.2 Å². The van der Waals surface area contributed by atoms with Gasteiger partial charge in [-0.05, 0) is 0 Å². The SMILES string of the molecule is CCS(=O)(=O)CC(=O)ON. The van der Waals surface area contributed by atoms with E-state index in [1.54, 1.807) is 0 Å². The molecule has 0 aromatic carbocycles. The van der Waals surface area contributed by atoms with Crippen molar-refractivity contribution in [3.8, 4) is 0 Å². The Balaban J connectivity index is 4.03. The molecule has 0 radical (unpaired) electrons. The van der Waals surface area contributed by atoms with Gasteiger partial charge in [0.1, 0.15) is 5.75 Å². The molecule has 0 rings (SSSR count). The summed E-state index contributed by atoms with van der Waals surface area (Å²) in [6.07, 6.45) is 0. The molecule has 0 unspecified atom stereocenters. The molecule has 5 nitrogen and oxygen atoms in total. The van der Waals surface area contributed by atoms with E-state index in [0.717, 1.165) is 0 Å². The van der Waals surface area contributed by atoms with Crippen LogP contribution in [0.4, 0.5) is 0 Å². The number of hydrogen-bond donors (Lipinski definition) is 1. The van der Waals surface area contributed by atoms with Gasteiger partial charge in [0.15, 0.2) is 9.84 Å². The number of nitrogens with two attached hydrogens (primary N) is 1. The Hall–Kier alpha value is -0.620. The average Bonchev–Trinajstić information content (AvgIpc) is 1.87. The van der Waals surface area contributed by atoms with Crippen LogP contribution in [0.5, 0.6) is 0 Å². The predicted molar refractivity (Wildman–Crippen MR) is 34.6 cm³/mol. The van der Waals surface area contributed by atoms with Crippen LogP contribution in [-0.4, -0.2) is 25.9 Å². The van der Waals surface area contributed by atoms with Gasteiger partial charge >= 0.3 is 5.97 Å². The van der Waals surface area contributed by atoms with Gasteiger partial charge in [-0.2, -0.15) is 5.90 Å². The van der Waals surface area contributed by atoms with Crippen LogP contribution in [-0.2, 0) is 19.5 Å². The fraction of sp³-hybridized carbons (Fsp3) is 0.750. The highest BCUT2D eigenvalue weighted by Crippen LogP contribution is 1.88. The van der Waals surface area contributed by atoms with Crippen molar-refractivity contribution in [2.24, 2.45) is 5.90 Å². The highest BCUT2D eigenvalue weighted by atomic mass is 32.2. The summed E-state index contributed by atoms with van der Waals surface area (Å²) in [6.45, 7) is 1.44. The van der Waals surface area contributed by atoms with Gasteiger partial charge in [0.25, 0.3) is 0 Å². The summed E-state index contributed by atoms with van der Waals surface area (Å²) < 4.78 is 21.2. The molecule has 0 saturated heterocycles. The van der Waals surface area contributed by atoms with Crippen molar-refractivity contribution in [2.45, 2.75) is 6.92 Å². The summed E-state index contributed by atoms with van der Waals surface area (Å²) in [6, 6.07) is 0. The van der Waals surface area contributed by atoms with Gasteiger partial charge in [-0.3, -0.25) is 0 Å². The van der Waals surface area contributed by atoms with Crippen molar-refractivity contribution in [3.63, 3.8) is 0 Å². The van der Waals surface area contributed by atoms with Gasteiger partial charge in [-0.15, -0.1) is 0 Å². The van der Waals surface area contributed by atoms with E-state index in [-0.39, 0.29) is 5.75 Å². The fourth-order valence-electron chi connectivity index (χ4n) is 0.316. The van der Waals surface area contributed by atoms with Crippen LogP contribution in [0, 0.1) is 0 Å². The molecular weight excluding hydrogens is 158 g/mol. The van der Waals surface area contributed by atoms with E-state index in [1.807, 2.05) is 0 Å². The smallest absolute Gasteiger partial charge is 0.339 e. The first kappa shape index (κ1) is 9.38. The molecule has 0 heterocycles. The molecule has 10 heavy (non-hydrogen) atoms. The summed E-state index contributed by atoms with van der Waals surface area (Å²) in [7, 11) is -3.29. The largest absolute Gasteiger partial charge is 0.373 e. The zero-order valence-corrected chi connectivity index (χ0v) is 6.35. The molecule has 0 amide bonds. The molecule has 0 aliphatic rings. The molecule has 0 bridgehead atoms. The van der Waals surface area contributed by atoms with Crippen molar-refractivity contribution in [2.75, 3.05) is 11.5 Å². The molecule has 6 heteroatoms. The standard InChI is InChI=1S/C4H9NO4S/c1-2-10(7,8)3-4(6)9-5/h2-3,5H2,1H3. The maximum absolute atomic E-state index is 10.6. The van der Waals surface area contributed by atoms with Gasteiger partial charge in [0.2, 0.25) is 0 Å². The third-order valence-electron chi connectivity index (χ3n) is 0.909. The highest BCUT2D eigenvalue weighted by molar-refractivity contribution is 7.92. The fourth-order valence-corrected chi connectivity index (χ4v) is 0.947. The summed E-state index contributed by atoms with van der Waals surface area (Å²) in [4.78, 5) is 13.9. The number of sulfone groups is 1. The van der Waals surface area contributed by atoms with Gasteiger partial charge in [0, 0.05) is 5.75 Å². The van der Waals surface area contributed by atoms with E-state index in [0.29, 0.717) is 0 Å². The quantitative estimate of drug-likeness (QED) is 0.536. The van der Waals surface area contributed by atoms with E-state index in [9.17, 15) is 13.2 Å². The Morgan fingerprint density at radius 1 is 1.60 bits per heavy atom. The highest BCUT2D eigenvalue weighted by Gasteiger charge is 2.14. The number of carbonyl (C=O) groups excluding carboxylic acids is 1. The molecule has 0 atom stereocenters. The van der Waals surface area contributed by atoms with Crippen LogP contribution in [0.15, 0.2) is 0 Å². The lowest BCUT2D eigenvalue weighted by Crippen LogP contribution is -2.22. The van der Waals surface area contributed by atoms with E-state index in [2.05, 4.69) is 10.7 Å². The van der Waals surface area contributed by atoms with Gasteiger partial charge < -0.3 is 4.84 Å². The number of hydrogen-bond acceptors (Lipinski definition) is 5. The maximum Gasteiger partial charge on any atom is 0.339 e. The summed E-state index contributed by atoms with van der Waals surface area (Å²) >= 11 is 0. The minimum absolute atomic E-state index is 0.0813. The molecular formula is C4H9NO4S. The zero-order chi connectivity index (χ0) is 8.20. The van der Waals surface area contributed by atoms with Crippen molar-refractivity contribution >= 4 is 15.8 Å². The summed E-state index contributed by atoms with van der Waals surface area (Å²) in [5.41, 5.74) is 0. The molecule has 0 fully saturated rings. The minimum atomic E-state index is -3.29. The molecule has 0 saturated carbocycles. The Morgan fingerprint density at radius 2 is 2.10 bits per heavy atom. The predicted octanol–water partition coefficient (Wildman–Crippen LogP) is -1.16. The summed E-state index contributed by atoms with van der Waals surface area (Å²) in [5.74, 6) is 2.77. The van der Waals surface area contributed by atoms with Crippen LogP contribution in [0.1, 0.15) is 6.92 Å². The zero-order valence-electron chi connectivity index (χ0n) is 5.53. The van der Waals surface area contributed by atoms with E-state index in [1.165, 1.54) is 6.92 Å². The normalized spacial score (nSPS) is 11.0. The van der Waals surface area contributed by atoms with Crippen LogP contribution >= 0.6 is 0 Å². The number of rotatable bonds is 3.